The van der Waals surface area contributed by atoms with Gasteiger partial charge in [0.15, 0.2) is 5.16 Å². The maximum absolute atomic E-state index is 12.3. The van der Waals surface area contributed by atoms with Crippen LogP contribution < -0.4 is 5.32 Å². The number of carbonyl (C=O) groups excluding carboxylic acids is 2. The summed E-state index contributed by atoms with van der Waals surface area (Å²) in [4.78, 5) is 23.7. The molecule has 0 radical (unpaired) electrons. The zero-order valence-electron chi connectivity index (χ0n) is 16.3. The predicted molar refractivity (Wildman–Crippen MR) is 108 cm³/mol. The highest BCUT2D eigenvalue weighted by atomic mass is 32.2. The lowest BCUT2D eigenvalue weighted by Crippen LogP contribution is -2.25. The molecule has 28 heavy (non-hydrogen) atoms. The van der Waals surface area contributed by atoms with Crippen LogP contribution in [0.25, 0.3) is 0 Å². The Bertz CT molecular complexity index is 813. The standard InChI is InChI=1S/C20H26N4O3S/c1-27-19(26)15-11-9-14(10-12-15)18(25)21-13-5-8-17-22-23-20(28-2)24(17)16-6-3-4-7-16/h9-12,16H,3-8,13H2,1-2H3,(H,21,25). The minimum atomic E-state index is -0.414. The first-order valence-electron chi connectivity index (χ1n) is 9.58. The van der Waals surface area contributed by atoms with Crippen molar-refractivity contribution in [2.45, 2.75) is 49.7 Å². The molecule has 1 N–H and O–H groups in total. The summed E-state index contributed by atoms with van der Waals surface area (Å²) in [6, 6.07) is 6.95. The largest absolute Gasteiger partial charge is 0.465 e. The number of thioether (sulfide) groups is 1. The van der Waals surface area contributed by atoms with Crippen LogP contribution in [0.3, 0.4) is 0 Å². The number of benzene rings is 1. The third-order valence-electron chi connectivity index (χ3n) is 5.04. The predicted octanol–water partition coefficient (Wildman–Crippen LogP) is 3.26. The lowest BCUT2D eigenvalue weighted by atomic mass is 10.1. The van der Waals surface area contributed by atoms with E-state index in [2.05, 4.69) is 24.8 Å². The van der Waals surface area contributed by atoms with Gasteiger partial charge in [0.05, 0.1) is 12.7 Å². The minimum absolute atomic E-state index is 0.154. The lowest BCUT2D eigenvalue weighted by molar-refractivity contribution is 0.0600. The number of esters is 1. The van der Waals surface area contributed by atoms with E-state index in [-0.39, 0.29) is 5.91 Å². The number of nitrogens with one attached hydrogen (secondary N) is 1. The van der Waals surface area contributed by atoms with Crippen LogP contribution in [-0.4, -0.2) is 46.6 Å². The molecular weight excluding hydrogens is 376 g/mol. The van der Waals surface area contributed by atoms with Crippen LogP contribution in [0.15, 0.2) is 29.4 Å². The fourth-order valence-corrected chi connectivity index (χ4v) is 4.15. The summed E-state index contributed by atoms with van der Waals surface area (Å²) in [5.74, 6) is 0.439. The van der Waals surface area contributed by atoms with Gasteiger partial charge in [-0.3, -0.25) is 4.79 Å². The van der Waals surface area contributed by atoms with Crippen LogP contribution in [0.1, 0.15) is 64.7 Å². The molecule has 1 amide bonds. The first-order valence-corrected chi connectivity index (χ1v) is 10.8. The molecule has 3 rings (SSSR count). The number of methoxy groups -OCH3 is 1. The van der Waals surface area contributed by atoms with Gasteiger partial charge in [-0.25, -0.2) is 4.79 Å². The van der Waals surface area contributed by atoms with Crippen molar-refractivity contribution in [3.8, 4) is 0 Å². The zero-order valence-corrected chi connectivity index (χ0v) is 17.1. The molecule has 1 heterocycles. The van der Waals surface area contributed by atoms with E-state index in [1.54, 1.807) is 36.0 Å². The second-order valence-corrected chi connectivity index (χ2v) is 7.61. The van der Waals surface area contributed by atoms with Crippen molar-refractivity contribution in [2.24, 2.45) is 0 Å². The van der Waals surface area contributed by atoms with Crippen LogP contribution in [0.5, 0.6) is 0 Å². The van der Waals surface area contributed by atoms with Crippen LogP contribution in [0, 0.1) is 0 Å². The van der Waals surface area contributed by atoms with Crippen molar-refractivity contribution in [1.82, 2.24) is 20.1 Å². The van der Waals surface area contributed by atoms with E-state index in [9.17, 15) is 9.59 Å². The summed E-state index contributed by atoms with van der Waals surface area (Å²) in [5.41, 5.74) is 0.946. The summed E-state index contributed by atoms with van der Waals surface area (Å²) in [5, 5.41) is 12.6. The monoisotopic (exact) mass is 402 g/mol. The van der Waals surface area contributed by atoms with Crippen molar-refractivity contribution >= 4 is 23.6 Å². The van der Waals surface area contributed by atoms with Crippen LogP contribution in [0.4, 0.5) is 0 Å². The van der Waals surface area contributed by atoms with Crippen LogP contribution in [0.2, 0.25) is 0 Å². The molecule has 0 atom stereocenters. The van der Waals surface area contributed by atoms with E-state index in [0.29, 0.717) is 23.7 Å². The minimum Gasteiger partial charge on any atom is -0.465 e. The smallest absolute Gasteiger partial charge is 0.337 e. The molecule has 1 aromatic carbocycles. The number of aromatic nitrogens is 3. The Morgan fingerprint density at radius 3 is 2.50 bits per heavy atom. The molecule has 7 nitrogen and oxygen atoms in total. The van der Waals surface area contributed by atoms with Crippen molar-refractivity contribution in [2.75, 3.05) is 19.9 Å². The Labute approximate surface area is 169 Å². The molecule has 1 aliphatic carbocycles. The van der Waals surface area contributed by atoms with Gasteiger partial charge in [0, 0.05) is 24.6 Å². The fraction of sp³-hybridized carbons (Fsp3) is 0.500. The third kappa shape index (κ3) is 4.73. The average molecular weight is 403 g/mol. The summed E-state index contributed by atoms with van der Waals surface area (Å²) >= 11 is 1.64. The highest BCUT2D eigenvalue weighted by molar-refractivity contribution is 7.98. The van der Waals surface area contributed by atoms with Gasteiger partial charge in [-0.15, -0.1) is 10.2 Å². The van der Waals surface area contributed by atoms with Gasteiger partial charge in [-0.1, -0.05) is 24.6 Å². The molecule has 1 aromatic heterocycles. The first-order chi connectivity index (χ1) is 13.6. The number of aryl methyl sites for hydroxylation is 1. The van der Waals surface area contributed by atoms with Gasteiger partial charge < -0.3 is 14.6 Å². The Morgan fingerprint density at radius 2 is 1.86 bits per heavy atom. The molecule has 150 valence electrons. The van der Waals surface area contributed by atoms with Crippen molar-refractivity contribution in [1.29, 1.82) is 0 Å². The number of hydrogen-bond acceptors (Lipinski definition) is 6. The molecule has 0 unspecified atom stereocenters. The van der Waals surface area contributed by atoms with Gasteiger partial charge >= 0.3 is 5.97 Å². The maximum Gasteiger partial charge on any atom is 0.337 e. The van der Waals surface area contributed by atoms with Crippen molar-refractivity contribution < 1.29 is 14.3 Å². The fourth-order valence-electron chi connectivity index (χ4n) is 3.57. The second kappa shape index (κ2) is 9.73. The van der Waals surface area contributed by atoms with E-state index in [0.717, 1.165) is 23.8 Å². The third-order valence-corrected chi connectivity index (χ3v) is 5.68. The number of rotatable bonds is 8. The van der Waals surface area contributed by atoms with Gasteiger partial charge in [0.25, 0.3) is 5.91 Å². The summed E-state index contributed by atoms with van der Waals surface area (Å²) in [7, 11) is 1.33. The molecule has 8 heteroatoms. The number of carbonyl (C=O) groups is 2. The second-order valence-electron chi connectivity index (χ2n) is 6.84. The normalized spacial score (nSPS) is 14.2. The maximum atomic E-state index is 12.3. The number of hydrogen-bond donors (Lipinski definition) is 1. The lowest BCUT2D eigenvalue weighted by Gasteiger charge is -2.16. The molecule has 0 aliphatic heterocycles. The van der Waals surface area contributed by atoms with E-state index >= 15 is 0 Å². The number of nitrogens with zero attached hydrogens (tertiary/aromatic N) is 3. The summed E-state index contributed by atoms with van der Waals surface area (Å²) in [6.07, 6.45) is 8.53. The van der Waals surface area contributed by atoms with Crippen molar-refractivity contribution in [3.63, 3.8) is 0 Å². The average Bonchev–Trinajstić information content (AvgIpc) is 3.39. The number of amides is 1. The Balaban J connectivity index is 1.51. The highest BCUT2D eigenvalue weighted by Gasteiger charge is 2.23. The molecule has 1 saturated carbocycles. The van der Waals surface area contributed by atoms with Gasteiger partial charge in [0.2, 0.25) is 0 Å². The molecule has 0 saturated heterocycles. The van der Waals surface area contributed by atoms with E-state index in [1.165, 1.54) is 32.8 Å². The Morgan fingerprint density at radius 1 is 1.18 bits per heavy atom. The summed E-state index contributed by atoms with van der Waals surface area (Å²) < 4.78 is 6.96. The number of ether oxygens (including phenoxy) is 1. The topological polar surface area (TPSA) is 86.1 Å². The van der Waals surface area contributed by atoms with Crippen molar-refractivity contribution in [3.05, 3.63) is 41.2 Å². The van der Waals surface area contributed by atoms with Crippen LogP contribution in [-0.2, 0) is 11.2 Å². The van der Waals surface area contributed by atoms with E-state index in [4.69, 9.17) is 0 Å². The molecule has 0 spiro atoms. The SMILES string of the molecule is COC(=O)c1ccc(C(=O)NCCCc2nnc(SC)n2C2CCCC2)cc1. The molecular formula is C20H26N4O3S. The van der Waals surface area contributed by atoms with Gasteiger partial charge in [0.1, 0.15) is 5.82 Å². The quantitative estimate of drug-likeness (QED) is 0.414. The van der Waals surface area contributed by atoms with Crippen LogP contribution >= 0.6 is 11.8 Å². The molecule has 0 bridgehead atoms. The molecule has 1 fully saturated rings. The van der Waals surface area contributed by atoms with E-state index < -0.39 is 5.97 Å². The molecule has 2 aromatic rings. The first kappa shape index (κ1) is 20.4. The molecule has 1 aliphatic rings. The van der Waals surface area contributed by atoms with E-state index in [1.807, 2.05) is 6.26 Å². The zero-order chi connectivity index (χ0) is 19.9. The van der Waals surface area contributed by atoms with Gasteiger partial charge in [-0.2, -0.15) is 0 Å². The summed E-state index contributed by atoms with van der Waals surface area (Å²) in [6.45, 7) is 0.559. The Hall–Kier alpha value is -2.35. The Kier molecular flexibility index (Phi) is 7.08. The van der Waals surface area contributed by atoms with Gasteiger partial charge in [-0.05, 0) is 49.8 Å². The highest BCUT2D eigenvalue weighted by Crippen LogP contribution is 2.33.